The van der Waals surface area contributed by atoms with Gasteiger partial charge < -0.3 is 10.2 Å². The second-order valence-electron chi connectivity index (χ2n) is 5.96. The summed E-state index contributed by atoms with van der Waals surface area (Å²) in [6.07, 6.45) is 6.78. The molecular weight excluding hydrogens is 250 g/mol. The molecule has 2 aliphatic rings. The predicted molar refractivity (Wildman–Crippen MR) is 86.2 cm³/mol. The maximum absolute atomic E-state index is 4.48. The molecule has 2 rings (SSSR count). The lowest BCUT2D eigenvalue weighted by Gasteiger charge is -2.45. The number of amidine groups is 1. The number of hydrogen-bond donors (Lipinski definition) is 1. The van der Waals surface area contributed by atoms with Crippen LogP contribution in [0.25, 0.3) is 0 Å². The monoisotopic (exact) mass is 277 g/mol. The second-order valence-corrected chi connectivity index (χ2v) is 5.96. The molecule has 1 spiro atoms. The number of piperidine rings is 2. The molecule has 20 heavy (non-hydrogen) atoms. The van der Waals surface area contributed by atoms with Crippen LogP contribution >= 0.6 is 0 Å². The highest BCUT2D eigenvalue weighted by atomic mass is 15.2. The van der Waals surface area contributed by atoms with E-state index in [1.54, 1.807) is 13.4 Å². The Morgan fingerprint density at radius 2 is 1.90 bits per heavy atom. The first-order valence-electron chi connectivity index (χ1n) is 7.61. The molecule has 2 heterocycles. The molecule has 5 heteroatoms. The molecule has 2 aliphatic heterocycles. The summed E-state index contributed by atoms with van der Waals surface area (Å²) < 4.78 is 0. The minimum Gasteiger partial charge on any atom is -0.358 e. The summed E-state index contributed by atoms with van der Waals surface area (Å²) in [5, 5.41) is 3.47. The second kappa shape index (κ2) is 6.97. The zero-order valence-corrected chi connectivity index (χ0v) is 12.8. The summed E-state index contributed by atoms with van der Waals surface area (Å²) in [6, 6.07) is 0.0371. The molecule has 2 saturated heterocycles. The quantitative estimate of drug-likeness (QED) is 0.629. The van der Waals surface area contributed by atoms with Gasteiger partial charge >= 0.3 is 0 Å². The van der Waals surface area contributed by atoms with Gasteiger partial charge in [0, 0.05) is 20.1 Å². The zero-order chi connectivity index (χ0) is 14.4. The lowest BCUT2D eigenvalue weighted by molar-refractivity contribution is 0.105. The summed E-state index contributed by atoms with van der Waals surface area (Å²) in [5.41, 5.74) is 0.566. The van der Waals surface area contributed by atoms with E-state index < -0.39 is 0 Å². The lowest BCUT2D eigenvalue weighted by Crippen LogP contribution is -2.49. The fraction of sp³-hybridized carbons (Fsp3) is 0.800. The van der Waals surface area contributed by atoms with Gasteiger partial charge in [0.05, 0.1) is 0 Å². The minimum absolute atomic E-state index is 0.0371. The fourth-order valence-electron chi connectivity index (χ4n) is 3.32. The van der Waals surface area contributed by atoms with E-state index in [1.807, 2.05) is 6.92 Å². The molecule has 0 saturated carbocycles. The van der Waals surface area contributed by atoms with Crippen molar-refractivity contribution >= 4 is 18.9 Å². The third-order valence-corrected chi connectivity index (χ3v) is 4.77. The van der Waals surface area contributed by atoms with Gasteiger partial charge in [-0.1, -0.05) is 0 Å². The average Bonchev–Trinajstić information content (AvgIpc) is 2.50. The Labute approximate surface area is 122 Å². The van der Waals surface area contributed by atoms with Crippen LogP contribution in [0.4, 0.5) is 0 Å². The molecule has 112 valence electrons. The van der Waals surface area contributed by atoms with E-state index in [0.29, 0.717) is 5.41 Å². The molecule has 0 radical (unpaired) electrons. The first kappa shape index (κ1) is 15.2. The third-order valence-electron chi connectivity index (χ3n) is 4.77. The zero-order valence-electron chi connectivity index (χ0n) is 12.8. The Morgan fingerprint density at radius 3 is 2.45 bits per heavy atom. The van der Waals surface area contributed by atoms with E-state index >= 15 is 0 Å². The molecule has 2 fully saturated rings. The Balaban J connectivity index is 2.01. The number of rotatable bonds is 3. The molecule has 0 bridgehead atoms. The van der Waals surface area contributed by atoms with Gasteiger partial charge in [-0.25, -0.2) is 4.99 Å². The van der Waals surface area contributed by atoms with Gasteiger partial charge in [-0.15, -0.1) is 0 Å². The lowest BCUT2D eigenvalue weighted by atomic mass is 9.71. The standard InChI is InChI=1S/C15H27N5/c1-13(17-3)14(19-12-16-2)20-10-6-15(7-11-20)4-8-18-9-5-15/h12-13,18H,3-11H2,1-2H3/b16-12-,19-14+. The van der Waals surface area contributed by atoms with Crippen LogP contribution in [-0.2, 0) is 0 Å². The van der Waals surface area contributed by atoms with Crippen LogP contribution in [-0.4, -0.2) is 63.1 Å². The van der Waals surface area contributed by atoms with Crippen molar-refractivity contribution in [1.29, 1.82) is 0 Å². The molecule has 0 amide bonds. The molecule has 0 aromatic heterocycles. The third kappa shape index (κ3) is 3.45. The number of nitrogens with zero attached hydrogens (tertiary/aromatic N) is 4. The van der Waals surface area contributed by atoms with Crippen LogP contribution in [0.5, 0.6) is 0 Å². The number of hydrogen-bond acceptors (Lipinski definition) is 3. The van der Waals surface area contributed by atoms with E-state index in [9.17, 15) is 0 Å². The fourth-order valence-corrected chi connectivity index (χ4v) is 3.32. The van der Waals surface area contributed by atoms with E-state index in [2.05, 4.69) is 31.9 Å². The summed E-state index contributed by atoms with van der Waals surface area (Å²) in [5.74, 6) is 1.01. The Bertz CT molecular complexity index is 372. The predicted octanol–water partition coefficient (Wildman–Crippen LogP) is 1.60. The van der Waals surface area contributed by atoms with Crippen molar-refractivity contribution in [3.63, 3.8) is 0 Å². The van der Waals surface area contributed by atoms with Gasteiger partial charge in [0.15, 0.2) is 0 Å². The van der Waals surface area contributed by atoms with Gasteiger partial charge in [0.2, 0.25) is 0 Å². The van der Waals surface area contributed by atoms with E-state index in [-0.39, 0.29) is 6.04 Å². The van der Waals surface area contributed by atoms with Crippen molar-refractivity contribution in [2.75, 3.05) is 33.2 Å². The van der Waals surface area contributed by atoms with Crippen LogP contribution in [0.1, 0.15) is 32.6 Å². The molecular formula is C15H27N5. The molecule has 1 unspecified atom stereocenters. The highest BCUT2D eigenvalue weighted by Crippen LogP contribution is 2.39. The van der Waals surface area contributed by atoms with Crippen molar-refractivity contribution in [3.8, 4) is 0 Å². The molecule has 0 aromatic rings. The Kier molecular flexibility index (Phi) is 5.29. The van der Waals surface area contributed by atoms with E-state index in [0.717, 1.165) is 18.9 Å². The number of likely N-dealkylation sites (tertiary alicyclic amines) is 1. The van der Waals surface area contributed by atoms with Crippen LogP contribution in [0.2, 0.25) is 0 Å². The van der Waals surface area contributed by atoms with Crippen molar-refractivity contribution in [2.24, 2.45) is 20.4 Å². The highest BCUT2D eigenvalue weighted by Gasteiger charge is 2.36. The molecule has 1 atom stereocenters. The van der Waals surface area contributed by atoms with Gasteiger partial charge in [-0.05, 0) is 57.8 Å². The molecule has 1 N–H and O–H groups in total. The maximum Gasteiger partial charge on any atom is 0.131 e. The van der Waals surface area contributed by atoms with Crippen LogP contribution in [0, 0.1) is 5.41 Å². The largest absolute Gasteiger partial charge is 0.358 e. The number of nitrogens with one attached hydrogen (secondary N) is 1. The average molecular weight is 277 g/mol. The molecule has 0 aromatic carbocycles. The van der Waals surface area contributed by atoms with Crippen molar-refractivity contribution in [1.82, 2.24) is 10.2 Å². The van der Waals surface area contributed by atoms with Crippen molar-refractivity contribution < 1.29 is 0 Å². The first-order chi connectivity index (χ1) is 9.71. The van der Waals surface area contributed by atoms with Crippen molar-refractivity contribution in [2.45, 2.75) is 38.6 Å². The topological polar surface area (TPSA) is 52.4 Å². The summed E-state index contributed by atoms with van der Waals surface area (Å²) >= 11 is 0. The van der Waals surface area contributed by atoms with Crippen LogP contribution in [0.15, 0.2) is 15.0 Å². The molecule has 5 nitrogen and oxygen atoms in total. The van der Waals surface area contributed by atoms with E-state index in [1.165, 1.54) is 38.8 Å². The summed E-state index contributed by atoms with van der Waals surface area (Å²) in [4.78, 5) is 14.9. The minimum atomic E-state index is 0.0371. The highest BCUT2D eigenvalue weighted by molar-refractivity contribution is 5.93. The maximum atomic E-state index is 4.48. The normalized spacial score (nSPS) is 25.1. The number of aliphatic imine (C=N–C) groups is 3. The van der Waals surface area contributed by atoms with Crippen LogP contribution < -0.4 is 5.32 Å². The SMILES string of the molecule is C=NC(C)/C(=N\C=N/C)N1CCC2(CCNCC2)CC1. The Morgan fingerprint density at radius 1 is 1.25 bits per heavy atom. The van der Waals surface area contributed by atoms with Crippen molar-refractivity contribution in [3.05, 3.63) is 0 Å². The summed E-state index contributed by atoms with van der Waals surface area (Å²) in [7, 11) is 1.74. The van der Waals surface area contributed by atoms with Gasteiger partial charge in [-0.3, -0.25) is 9.98 Å². The smallest absolute Gasteiger partial charge is 0.131 e. The summed E-state index contributed by atoms with van der Waals surface area (Å²) in [6.45, 7) is 10.2. The van der Waals surface area contributed by atoms with Gasteiger partial charge in [0.25, 0.3) is 0 Å². The first-order valence-corrected chi connectivity index (χ1v) is 7.61. The van der Waals surface area contributed by atoms with Gasteiger partial charge in [0.1, 0.15) is 18.2 Å². The van der Waals surface area contributed by atoms with E-state index in [4.69, 9.17) is 0 Å². The van der Waals surface area contributed by atoms with Gasteiger partial charge in [-0.2, -0.15) is 0 Å². The Hall–Kier alpha value is -1.23. The molecule has 0 aliphatic carbocycles. The van der Waals surface area contributed by atoms with Crippen LogP contribution in [0.3, 0.4) is 0 Å².